The van der Waals surface area contributed by atoms with Crippen LogP contribution in [0.25, 0.3) is 0 Å². The van der Waals surface area contributed by atoms with Gasteiger partial charge in [-0.1, -0.05) is 0 Å². The Morgan fingerprint density at radius 1 is 1.20 bits per heavy atom. The Hall–Kier alpha value is -0.770. The monoisotopic (exact) mass is 212 g/mol. The molecule has 2 N–H and O–H groups in total. The van der Waals surface area contributed by atoms with Crippen LogP contribution in [-0.4, -0.2) is 41.3 Å². The smallest absolute Gasteiger partial charge is 0.317 e. The lowest BCUT2D eigenvalue weighted by atomic mass is 9.80. The highest BCUT2D eigenvalue weighted by atomic mass is 16.3. The lowest BCUT2D eigenvalue weighted by molar-refractivity contribution is -0.0298. The second kappa shape index (κ2) is 4.39. The fourth-order valence-corrected chi connectivity index (χ4v) is 2.21. The summed E-state index contributed by atoms with van der Waals surface area (Å²) in [4.78, 5) is 13.5. The van der Waals surface area contributed by atoms with Gasteiger partial charge in [0.15, 0.2) is 0 Å². The number of carbonyl (C=O) groups is 1. The Labute approximate surface area is 90.6 Å². The molecule has 4 nitrogen and oxygen atoms in total. The van der Waals surface area contributed by atoms with Gasteiger partial charge >= 0.3 is 6.03 Å². The summed E-state index contributed by atoms with van der Waals surface area (Å²) in [5, 5.41) is 12.7. The van der Waals surface area contributed by atoms with Crippen molar-refractivity contribution in [1.29, 1.82) is 0 Å². The van der Waals surface area contributed by atoms with Gasteiger partial charge in [-0.3, -0.25) is 0 Å². The van der Waals surface area contributed by atoms with Crippen LogP contribution in [0.15, 0.2) is 0 Å². The Morgan fingerprint density at radius 3 is 2.40 bits per heavy atom. The van der Waals surface area contributed by atoms with Crippen LogP contribution in [0.3, 0.4) is 0 Å². The average Bonchev–Trinajstić information content (AvgIpc) is 2.24. The summed E-state index contributed by atoms with van der Waals surface area (Å²) in [6.45, 7) is 2.15. The van der Waals surface area contributed by atoms with Crippen LogP contribution >= 0.6 is 0 Å². The number of hydrogen-bond donors (Lipinski definition) is 2. The van der Waals surface area contributed by atoms with Crippen molar-refractivity contribution < 1.29 is 9.90 Å². The highest BCUT2D eigenvalue weighted by molar-refractivity contribution is 5.74. The maximum Gasteiger partial charge on any atom is 0.317 e. The fraction of sp³-hybridized carbons (Fsp3) is 0.909. The van der Waals surface area contributed by atoms with Crippen molar-refractivity contribution in [2.24, 2.45) is 0 Å². The minimum atomic E-state index is -0.606. The molecule has 1 heterocycles. The average molecular weight is 212 g/mol. The second-order valence-electron chi connectivity index (χ2n) is 4.78. The van der Waals surface area contributed by atoms with Crippen molar-refractivity contribution in [3.8, 4) is 0 Å². The largest absolute Gasteiger partial charge is 0.388 e. The molecular formula is C11H20N2O2. The van der Waals surface area contributed by atoms with Crippen molar-refractivity contribution >= 4 is 6.03 Å². The Morgan fingerprint density at radius 2 is 1.87 bits per heavy atom. The van der Waals surface area contributed by atoms with Gasteiger partial charge in [0, 0.05) is 19.6 Å². The maximum atomic E-state index is 11.7. The molecule has 0 radical (unpaired) electrons. The van der Waals surface area contributed by atoms with Gasteiger partial charge in [-0.2, -0.15) is 0 Å². The highest BCUT2D eigenvalue weighted by Gasteiger charge is 2.34. The summed E-state index contributed by atoms with van der Waals surface area (Å²) in [5.41, 5.74) is -0.606. The number of likely N-dealkylation sites (tertiary alicyclic amines) is 1. The van der Waals surface area contributed by atoms with Gasteiger partial charge in [-0.05, 0) is 38.5 Å². The van der Waals surface area contributed by atoms with Crippen LogP contribution in [0.1, 0.15) is 38.5 Å². The van der Waals surface area contributed by atoms with Gasteiger partial charge < -0.3 is 15.3 Å². The number of rotatable bonds is 2. The quantitative estimate of drug-likeness (QED) is 0.720. The number of amides is 2. The van der Waals surface area contributed by atoms with Crippen molar-refractivity contribution in [1.82, 2.24) is 10.2 Å². The first-order valence-corrected chi connectivity index (χ1v) is 5.95. The lowest BCUT2D eigenvalue weighted by Gasteiger charge is -2.37. The molecule has 0 aromatic carbocycles. The Bertz CT molecular complexity index is 233. The van der Waals surface area contributed by atoms with Crippen LogP contribution in [0, 0.1) is 0 Å². The lowest BCUT2D eigenvalue weighted by Crippen LogP contribution is -2.51. The molecule has 1 saturated heterocycles. The molecule has 0 atom stereocenters. The molecule has 1 saturated carbocycles. The van der Waals surface area contributed by atoms with Crippen molar-refractivity contribution in [3.63, 3.8) is 0 Å². The zero-order valence-electron chi connectivity index (χ0n) is 9.17. The Balaban J connectivity index is 1.71. The molecule has 86 valence electrons. The van der Waals surface area contributed by atoms with E-state index in [1.54, 1.807) is 0 Å². The maximum absolute atomic E-state index is 11.7. The number of hydrogen-bond acceptors (Lipinski definition) is 2. The van der Waals surface area contributed by atoms with Crippen LogP contribution in [-0.2, 0) is 0 Å². The minimum absolute atomic E-state index is 0.00461. The van der Waals surface area contributed by atoms with E-state index in [1.807, 2.05) is 4.90 Å². The third-order valence-electron chi connectivity index (χ3n) is 3.50. The van der Waals surface area contributed by atoms with Crippen LogP contribution in [0.2, 0.25) is 0 Å². The molecule has 0 aromatic heterocycles. The summed E-state index contributed by atoms with van der Waals surface area (Å²) in [6.07, 6.45) is 6.18. The third kappa shape index (κ3) is 2.62. The SMILES string of the molecule is O=C(NCC1(O)CCC1)N1CCCCC1. The summed E-state index contributed by atoms with van der Waals surface area (Å²) in [5.74, 6) is 0. The van der Waals surface area contributed by atoms with E-state index >= 15 is 0 Å². The number of urea groups is 1. The van der Waals surface area contributed by atoms with Crippen LogP contribution in [0.4, 0.5) is 4.79 Å². The second-order valence-corrected chi connectivity index (χ2v) is 4.78. The standard InChI is InChI=1S/C11H20N2O2/c14-10(13-7-2-1-3-8-13)12-9-11(15)5-4-6-11/h15H,1-9H2,(H,12,14). The van der Waals surface area contributed by atoms with E-state index < -0.39 is 5.60 Å². The van der Waals surface area contributed by atoms with Gasteiger partial charge in [0.25, 0.3) is 0 Å². The fourth-order valence-electron chi connectivity index (χ4n) is 2.21. The number of aliphatic hydroxyl groups is 1. The molecule has 0 unspecified atom stereocenters. The number of nitrogens with one attached hydrogen (secondary N) is 1. The van der Waals surface area contributed by atoms with E-state index in [0.717, 1.165) is 45.2 Å². The summed E-state index contributed by atoms with van der Waals surface area (Å²) in [6, 6.07) is -0.00461. The van der Waals surface area contributed by atoms with E-state index in [-0.39, 0.29) is 6.03 Å². The van der Waals surface area contributed by atoms with Crippen LogP contribution < -0.4 is 5.32 Å². The predicted octanol–water partition coefficient (Wildman–Crippen LogP) is 1.10. The normalized spacial score (nSPS) is 24.5. The van der Waals surface area contributed by atoms with E-state index in [9.17, 15) is 9.90 Å². The van der Waals surface area contributed by atoms with Crippen molar-refractivity contribution in [2.45, 2.75) is 44.1 Å². The molecule has 1 aliphatic carbocycles. The van der Waals surface area contributed by atoms with Gasteiger partial charge in [-0.25, -0.2) is 4.79 Å². The van der Waals surface area contributed by atoms with E-state index in [2.05, 4.69) is 5.32 Å². The molecule has 2 amide bonds. The number of carbonyl (C=O) groups excluding carboxylic acids is 1. The first-order chi connectivity index (χ1) is 7.20. The first kappa shape index (κ1) is 10.7. The van der Waals surface area contributed by atoms with E-state index in [1.165, 1.54) is 6.42 Å². The molecule has 2 aliphatic rings. The van der Waals surface area contributed by atoms with Gasteiger partial charge in [0.2, 0.25) is 0 Å². The molecule has 1 aliphatic heterocycles. The molecule has 0 bridgehead atoms. The topological polar surface area (TPSA) is 52.6 Å². The summed E-state index contributed by atoms with van der Waals surface area (Å²) < 4.78 is 0. The predicted molar refractivity (Wildman–Crippen MR) is 57.6 cm³/mol. The molecule has 2 rings (SSSR count). The number of nitrogens with zero attached hydrogens (tertiary/aromatic N) is 1. The third-order valence-corrected chi connectivity index (χ3v) is 3.50. The molecule has 4 heteroatoms. The minimum Gasteiger partial charge on any atom is -0.388 e. The summed E-state index contributed by atoms with van der Waals surface area (Å²) >= 11 is 0. The molecule has 0 spiro atoms. The first-order valence-electron chi connectivity index (χ1n) is 5.95. The van der Waals surface area contributed by atoms with E-state index in [4.69, 9.17) is 0 Å². The van der Waals surface area contributed by atoms with Gasteiger partial charge in [0.1, 0.15) is 0 Å². The van der Waals surface area contributed by atoms with Crippen molar-refractivity contribution in [2.75, 3.05) is 19.6 Å². The number of piperidine rings is 1. The Kier molecular flexibility index (Phi) is 3.14. The summed E-state index contributed by atoms with van der Waals surface area (Å²) in [7, 11) is 0. The zero-order chi connectivity index (χ0) is 10.7. The molecule has 2 fully saturated rings. The van der Waals surface area contributed by atoms with Gasteiger partial charge in [0.05, 0.1) is 5.60 Å². The van der Waals surface area contributed by atoms with Gasteiger partial charge in [-0.15, -0.1) is 0 Å². The van der Waals surface area contributed by atoms with Crippen LogP contribution in [0.5, 0.6) is 0 Å². The van der Waals surface area contributed by atoms with E-state index in [0.29, 0.717) is 6.54 Å². The zero-order valence-corrected chi connectivity index (χ0v) is 9.17. The molecular weight excluding hydrogens is 192 g/mol. The highest BCUT2D eigenvalue weighted by Crippen LogP contribution is 2.30. The molecule has 15 heavy (non-hydrogen) atoms. The van der Waals surface area contributed by atoms with Crippen molar-refractivity contribution in [3.05, 3.63) is 0 Å². The molecule has 0 aromatic rings.